The molecule has 4 heterocycles. The normalized spacial score (nSPS) is 26.5. The topological polar surface area (TPSA) is 6.48 Å². The first-order valence-electron chi connectivity index (χ1n) is 10.6. The quantitative estimate of drug-likeness (QED) is 0.416. The number of hydrogen-bond acceptors (Lipinski definition) is 3. The molecule has 0 saturated carbocycles. The predicted octanol–water partition coefficient (Wildman–Crippen LogP) is 6.79. The maximum atomic E-state index is 6.82. The van der Waals surface area contributed by atoms with Gasteiger partial charge in [0.1, 0.15) is 0 Å². The van der Waals surface area contributed by atoms with Crippen LogP contribution >= 0.6 is 34.5 Å². The molecule has 2 nitrogen and oxygen atoms in total. The van der Waals surface area contributed by atoms with Crippen molar-refractivity contribution in [2.75, 3.05) is 25.0 Å². The van der Waals surface area contributed by atoms with Crippen LogP contribution < -0.4 is 4.90 Å². The molecule has 0 N–H and O–H groups in total. The van der Waals surface area contributed by atoms with E-state index in [9.17, 15) is 0 Å². The van der Waals surface area contributed by atoms with E-state index in [0.717, 1.165) is 18.7 Å². The smallest absolute Gasteiger partial charge is 0.0909 e. The summed E-state index contributed by atoms with van der Waals surface area (Å²) in [4.78, 5) is 5.23. The first-order valence-corrected chi connectivity index (χ1v) is 12.3. The Kier molecular flexibility index (Phi) is 5.81. The van der Waals surface area contributed by atoms with E-state index in [1.165, 1.54) is 23.4 Å². The average Bonchev–Trinajstić information content (AvgIpc) is 3.33. The van der Waals surface area contributed by atoms with E-state index >= 15 is 0 Å². The number of piperidine rings is 3. The molecule has 2 aromatic carbocycles. The number of halogens is 2. The lowest BCUT2D eigenvalue weighted by Gasteiger charge is -2.56. The van der Waals surface area contributed by atoms with Crippen molar-refractivity contribution >= 4 is 39.5 Å². The fourth-order valence-electron chi connectivity index (χ4n) is 5.61. The molecule has 1 aromatic heterocycles. The Morgan fingerprint density at radius 2 is 1.73 bits per heavy atom. The summed E-state index contributed by atoms with van der Waals surface area (Å²) >= 11 is 15.1. The molecule has 0 spiro atoms. The van der Waals surface area contributed by atoms with Gasteiger partial charge >= 0.3 is 0 Å². The standard InChI is InChI=1S/C25H26Cl2N2S/c1-28(21-11-6-16-30-21)24-18-12-14-29(15-13-18)25(24)22(17-7-3-2-4-8-17)19-9-5-10-20(26)23(19)27/h2-11,16,18,22,24-25H,12-15H2,1H3/t22-,24+,25+/m0/s1. The summed E-state index contributed by atoms with van der Waals surface area (Å²) in [6, 6.07) is 22.1. The number of rotatable bonds is 5. The summed E-state index contributed by atoms with van der Waals surface area (Å²) in [5.41, 5.74) is 2.45. The molecule has 30 heavy (non-hydrogen) atoms. The van der Waals surface area contributed by atoms with Crippen LogP contribution in [0.1, 0.15) is 29.9 Å². The van der Waals surface area contributed by atoms with Crippen molar-refractivity contribution in [2.24, 2.45) is 5.92 Å². The Morgan fingerprint density at radius 1 is 0.967 bits per heavy atom. The fourth-order valence-corrected chi connectivity index (χ4v) is 6.77. The molecule has 0 amide bonds. The number of nitrogens with zero attached hydrogens (tertiary/aromatic N) is 2. The molecule has 3 atom stereocenters. The second kappa shape index (κ2) is 8.55. The molecule has 2 bridgehead atoms. The third-order valence-corrected chi connectivity index (χ3v) is 8.74. The number of anilines is 1. The van der Waals surface area contributed by atoms with E-state index in [0.29, 0.717) is 28.0 Å². The molecular formula is C25H26Cl2N2S. The number of fused-ring (bicyclic) bond motifs is 3. The largest absolute Gasteiger partial charge is 0.362 e. The molecule has 3 aliphatic heterocycles. The first-order chi connectivity index (χ1) is 14.6. The molecule has 3 saturated heterocycles. The average molecular weight is 457 g/mol. The zero-order valence-corrected chi connectivity index (χ0v) is 19.4. The predicted molar refractivity (Wildman–Crippen MR) is 129 cm³/mol. The maximum Gasteiger partial charge on any atom is 0.0909 e. The molecule has 0 radical (unpaired) electrons. The number of thiophene rings is 1. The number of benzene rings is 2. The molecule has 6 rings (SSSR count). The van der Waals surface area contributed by atoms with Crippen molar-refractivity contribution in [3.63, 3.8) is 0 Å². The van der Waals surface area contributed by atoms with Gasteiger partial charge in [0, 0.05) is 25.0 Å². The van der Waals surface area contributed by atoms with Gasteiger partial charge in [-0.05, 0) is 66.6 Å². The van der Waals surface area contributed by atoms with Crippen molar-refractivity contribution in [1.29, 1.82) is 0 Å². The van der Waals surface area contributed by atoms with Gasteiger partial charge in [0.2, 0.25) is 0 Å². The van der Waals surface area contributed by atoms with Crippen molar-refractivity contribution in [1.82, 2.24) is 4.90 Å². The van der Waals surface area contributed by atoms with Gasteiger partial charge in [0.05, 0.1) is 15.0 Å². The third kappa shape index (κ3) is 3.56. The third-order valence-electron chi connectivity index (χ3n) is 6.95. The van der Waals surface area contributed by atoms with Crippen molar-refractivity contribution < 1.29 is 0 Å². The van der Waals surface area contributed by atoms with Gasteiger partial charge < -0.3 is 4.90 Å². The Bertz CT molecular complexity index is 984. The fraction of sp³-hybridized carbons (Fsp3) is 0.360. The minimum Gasteiger partial charge on any atom is -0.362 e. The molecule has 3 aromatic rings. The molecule has 0 aliphatic carbocycles. The summed E-state index contributed by atoms with van der Waals surface area (Å²) in [5, 5.41) is 4.83. The molecule has 3 aliphatic rings. The van der Waals surface area contributed by atoms with Crippen molar-refractivity contribution in [3.8, 4) is 0 Å². The second-order valence-corrected chi connectivity index (χ2v) is 10.2. The van der Waals surface area contributed by atoms with Crippen LogP contribution in [0.25, 0.3) is 0 Å². The van der Waals surface area contributed by atoms with Gasteiger partial charge in [-0.25, -0.2) is 0 Å². The van der Waals surface area contributed by atoms with Crippen LogP contribution in [-0.4, -0.2) is 37.1 Å². The summed E-state index contributed by atoms with van der Waals surface area (Å²) in [6.45, 7) is 2.32. The van der Waals surface area contributed by atoms with E-state index in [1.54, 1.807) is 0 Å². The lowest BCUT2D eigenvalue weighted by atomic mass is 9.70. The van der Waals surface area contributed by atoms with Gasteiger partial charge in [-0.3, -0.25) is 4.90 Å². The maximum absolute atomic E-state index is 6.82. The monoisotopic (exact) mass is 456 g/mol. The Labute approximate surface area is 193 Å². The minimum absolute atomic E-state index is 0.174. The van der Waals surface area contributed by atoms with Gasteiger partial charge in [0.15, 0.2) is 0 Å². The zero-order valence-electron chi connectivity index (χ0n) is 17.0. The highest BCUT2D eigenvalue weighted by atomic mass is 35.5. The highest BCUT2D eigenvalue weighted by Gasteiger charge is 2.48. The van der Waals surface area contributed by atoms with E-state index in [-0.39, 0.29) is 5.92 Å². The van der Waals surface area contributed by atoms with Crippen LogP contribution in [0.3, 0.4) is 0 Å². The van der Waals surface area contributed by atoms with E-state index in [4.69, 9.17) is 23.2 Å². The zero-order chi connectivity index (χ0) is 20.7. The van der Waals surface area contributed by atoms with Gasteiger partial charge in [-0.15, -0.1) is 11.3 Å². The molecule has 3 fully saturated rings. The lowest BCUT2D eigenvalue weighted by Crippen LogP contribution is -2.65. The summed E-state index contributed by atoms with van der Waals surface area (Å²) < 4.78 is 0. The van der Waals surface area contributed by atoms with Crippen molar-refractivity contribution in [2.45, 2.75) is 30.8 Å². The first kappa shape index (κ1) is 20.4. The van der Waals surface area contributed by atoms with E-state index in [1.807, 2.05) is 23.5 Å². The summed E-state index contributed by atoms with van der Waals surface area (Å²) in [7, 11) is 2.27. The van der Waals surface area contributed by atoms with Crippen LogP contribution in [0.15, 0.2) is 66.0 Å². The molecule has 156 valence electrons. The van der Waals surface area contributed by atoms with Gasteiger partial charge in [-0.1, -0.05) is 65.7 Å². The number of hydrogen-bond donors (Lipinski definition) is 0. The highest BCUT2D eigenvalue weighted by molar-refractivity contribution is 7.14. The SMILES string of the molecule is CN(c1cccs1)[C@@H]1C2CCN(CC2)[C@@H]1[C@@H](c1ccccc1)c1cccc(Cl)c1Cl. The summed E-state index contributed by atoms with van der Waals surface area (Å²) in [5.74, 6) is 0.865. The Hall–Kier alpha value is -1.52. The van der Waals surface area contributed by atoms with Crippen LogP contribution in [0.4, 0.5) is 5.00 Å². The second-order valence-electron chi connectivity index (χ2n) is 8.45. The van der Waals surface area contributed by atoms with Crippen LogP contribution in [-0.2, 0) is 0 Å². The van der Waals surface area contributed by atoms with Crippen molar-refractivity contribution in [3.05, 3.63) is 87.2 Å². The molecule has 5 heteroatoms. The number of likely N-dealkylation sites (N-methyl/N-ethyl adjacent to an activating group) is 1. The molecular weight excluding hydrogens is 431 g/mol. The van der Waals surface area contributed by atoms with E-state index in [2.05, 4.69) is 70.8 Å². The van der Waals surface area contributed by atoms with Crippen LogP contribution in [0.5, 0.6) is 0 Å². The van der Waals surface area contributed by atoms with E-state index < -0.39 is 0 Å². The van der Waals surface area contributed by atoms with Crippen LogP contribution in [0.2, 0.25) is 10.0 Å². The Balaban J connectivity index is 1.65. The lowest BCUT2D eigenvalue weighted by molar-refractivity contribution is 0.0188. The minimum atomic E-state index is 0.174. The van der Waals surface area contributed by atoms with Crippen LogP contribution in [0, 0.1) is 5.92 Å². The van der Waals surface area contributed by atoms with Gasteiger partial charge in [0.25, 0.3) is 0 Å². The highest BCUT2D eigenvalue weighted by Crippen LogP contribution is 2.47. The molecule has 0 unspecified atom stereocenters. The van der Waals surface area contributed by atoms with Gasteiger partial charge in [-0.2, -0.15) is 0 Å². The summed E-state index contributed by atoms with van der Waals surface area (Å²) in [6.07, 6.45) is 2.53. The Morgan fingerprint density at radius 3 is 2.43 bits per heavy atom.